The Hall–Kier alpha value is -0.650. The highest BCUT2D eigenvalue weighted by Crippen LogP contribution is 1.93. The zero-order valence-electron chi connectivity index (χ0n) is 10.6. The van der Waals surface area contributed by atoms with Crippen molar-refractivity contribution in [2.45, 2.75) is 51.6 Å². The van der Waals surface area contributed by atoms with E-state index >= 15 is 0 Å². The van der Waals surface area contributed by atoms with Gasteiger partial charge >= 0.3 is 5.97 Å². The molecule has 0 saturated carbocycles. The lowest BCUT2D eigenvalue weighted by molar-refractivity contribution is -0.142. The Bertz CT molecular complexity index is 165. The minimum absolute atomic E-state index is 0.00463. The number of carbonyl (C=O) groups excluding carboxylic acids is 1. The SMILES string of the molecule is CCC[C@H](N)C(=O)OC.CCC[C@H](N)CO. The fraction of sp³-hybridized carbons (Fsp3) is 0.909. The summed E-state index contributed by atoms with van der Waals surface area (Å²) in [5.74, 6) is -0.322. The number of aliphatic hydroxyl groups excluding tert-OH is 1. The number of rotatable bonds is 6. The molecule has 0 heterocycles. The smallest absolute Gasteiger partial charge is 0.322 e. The van der Waals surface area contributed by atoms with Gasteiger partial charge in [0, 0.05) is 6.04 Å². The summed E-state index contributed by atoms with van der Waals surface area (Å²) in [6.45, 7) is 4.14. The Labute approximate surface area is 98.1 Å². The number of nitrogens with two attached hydrogens (primary N) is 2. The van der Waals surface area contributed by atoms with E-state index in [0.717, 1.165) is 19.3 Å². The predicted molar refractivity (Wildman–Crippen MR) is 64.9 cm³/mol. The zero-order valence-corrected chi connectivity index (χ0v) is 10.6. The number of hydrogen-bond donors (Lipinski definition) is 3. The fourth-order valence-electron chi connectivity index (χ4n) is 1.04. The number of ether oxygens (including phenoxy) is 1. The van der Waals surface area contributed by atoms with E-state index in [4.69, 9.17) is 16.6 Å². The second kappa shape index (κ2) is 12.4. The predicted octanol–water partition coefficient (Wildman–Crippen LogP) is 0.393. The van der Waals surface area contributed by atoms with E-state index in [2.05, 4.69) is 11.7 Å². The highest BCUT2D eigenvalue weighted by molar-refractivity contribution is 5.75. The van der Waals surface area contributed by atoms with E-state index in [9.17, 15) is 4.79 Å². The van der Waals surface area contributed by atoms with Crippen LogP contribution in [0.5, 0.6) is 0 Å². The lowest BCUT2D eigenvalue weighted by atomic mass is 10.2. The topological polar surface area (TPSA) is 98.6 Å². The molecule has 0 unspecified atom stereocenters. The van der Waals surface area contributed by atoms with Crippen LogP contribution in [0.1, 0.15) is 39.5 Å². The Morgan fingerprint density at radius 1 is 1.25 bits per heavy atom. The molecule has 0 aliphatic heterocycles. The molecular formula is C11H26N2O3. The van der Waals surface area contributed by atoms with E-state index in [1.807, 2.05) is 6.92 Å². The monoisotopic (exact) mass is 234 g/mol. The molecule has 0 aromatic rings. The van der Waals surface area contributed by atoms with Crippen molar-refractivity contribution < 1.29 is 14.6 Å². The normalized spacial score (nSPS) is 13.4. The quantitative estimate of drug-likeness (QED) is 0.578. The van der Waals surface area contributed by atoms with Crippen LogP contribution in [-0.2, 0) is 9.53 Å². The summed E-state index contributed by atoms with van der Waals surface area (Å²) in [6.07, 6.45) is 3.60. The minimum Gasteiger partial charge on any atom is -0.468 e. The van der Waals surface area contributed by atoms with Gasteiger partial charge in [0.1, 0.15) is 6.04 Å². The number of esters is 1. The fourth-order valence-corrected chi connectivity index (χ4v) is 1.04. The van der Waals surface area contributed by atoms with Crippen molar-refractivity contribution in [3.05, 3.63) is 0 Å². The van der Waals surface area contributed by atoms with Crippen molar-refractivity contribution in [1.82, 2.24) is 0 Å². The lowest BCUT2D eigenvalue weighted by Crippen LogP contribution is -2.31. The van der Waals surface area contributed by atoms with Gasteiger partial charge in [-0.3, -0.25) is 4.79 Å². The average Bonchev–Trinajstić information content (AvgIpc) is 2.29. The van der Waals surface area contributed by atoms with Gasteiger partial charge in [-0.15, -0.1) is 0 Å². The highest BCUT2D eigenvalue weighted by atomic mass is 16.5. The molecule has 0 fully saturated rings. The third-order valence-corrected chi connectivity index (χ3v) is 2.00. The van der Waals surface area contributed by atoms with Crippen LogP contribution in [0, 0.1) is 0 Å². The van der Waals surface area contributed by atoms with Crippen molar-refractivity contribution in [3.8, 4) is 0 Å². The highest BCUT2D eigenvalue weighted by Gasteiger charge is 2.10. The van der Waals surface area contributed by atoms with Crippen molar-refractivity contribution in [1.29, 1.82) is 0 Å². The van der Waals surface area contributed by atoms with Crippen LogP contribution >= 0.6 is 0 Å². The number of methoxy groups -OCH3 is 1. The maximum absolute atomic E-state index is 10.6. The summed E-state index contributed by atoms with van der Waals surface area (Å²) >= 11 is 0. The maximum atomic E-state index is 10.6. The van der Waals surface area contributed by atoms with Crippen molar-refractivity contribution >= 4 is 5.97 Å². The molecule has 5 nitrogen and oxygen atoms in total. The van der Waals surface area contributed by atoms with Crippen LogP contribution in [0.15, 0.2) is 0 Å². The summed E-state index contributed by atoms with van der Waals surface area (Å²) in [6, 6.07) is -0.426. The molecule has 0 aromatic carbocycles. The maximum Gasteiger partial charge on any atom is 0.322 e. The van der Waals surface area contributed by atoms with Crippen LogP contribution < -0.4 is 11.5 Å². The Morgan fingerprint density at radius 2 is 1.75 bits per heavy atom. The van der Waals surface area contributed by atoms with E-state index < -0.39 is 6.04 Å². The minimum atomic E-state index is -0.431. The van der Waals surface area contributed by atoms with Gasteiger partial charge in [-0.25, -0.2) is 0 Å². The van der Waals surface area contributed by atoms with E-state index in [1.54, 1.807) is 0 Å². The van der Waals surface area contributed by atoms with Crippen LogP contribution in [0.25, 0.3) is 0 Å². The molecular weight excluding hydrogens is 208 g/mol. The standard InChI is InChI=1S/C6H13NO2.C5H13NO/c1-3-4-5(7)6(8)9-2;1-2-3-5(6)4-7/h5H,3-4,7H2,1-2H3;5,7H,2-4,6H2,1H3/t2*5-/m00/s1. The summed E-state index contributed by atoms with van der Waals surface area (Å²) in [7, 11) is 1.35. The summed E-state index contributed by atoms with van der Waals surface area (Å²) in [4.78, 5) is 10.6. The largest absolute Gasteiger partial charge is 0.468 e. The molecule has 16 heavy (non-hydrogen) atoms. The van der Waals surface area contributed by atoms with Crippen LogP contribution in [0.4, 0.5) is 0 Å². The van der Waals surface area contributed by atoms with Gasteiger partial charge in [0.05, 0.1) is 13.7 Å². The molecule has 0 radical (unpaired) electrons. The molecule has 0 bridgehead atoms. The van der Waals surface area contributed by atoms with Crippen molar-refractivity contribution in [3.63, 3.8) is 0 Å². The lowest BCUT2D eigenvalue weighted by Gasteiger charge is -2.05. The summed E-state index contributed by atoms with van der Waals surface area (Å²) < 4.78 is 4.40. The molecule has 0 aromatic heterocycles. The molecule has 0 aliphatic carbocycles. The first-order valence-electron chi connectivity index (χ1n) is 5.73. The third kappa shape index (κ3) is 11.4. The number of hydrogen-bond acceptors (Lipinski definition) is 5. The van der Waals surface area contributed by atoms with E-state index in [-0.39, 0.29) is 18.6 Å². The van der Waals surface area contributed by atoms with Gasteiger partial charge in [0.15, 0.2) is 0 Å². The first-order valence-corrected chi connectivity index (χ1v) is 5.73. The van der Waals surface area contributed by atoms with E-state index in [0.29, 0.717) is 6.42 Å². The van der Waals surface area contributed by atoms with Gasteiger partial charge in [0.25, 0.3) is 0 Å². The molecule has 0 spiro atoms. The Balaban J connectivity index is 0. The van der Waals surface area contributed by atoms with Gasteiger partial charge in [-0.1, -0.05) is 26.7 Å². The van der Waals surface area contributed by atoms with Gasteiger partial charge in [-0.05, 0) is 12.8 Å². The molecule has 0 aliphatic rings. The summed E-state index contributed by atoms with van der Waals surface area (Å²) in [5.41, 5.74) is 10.7. The zero-order chi connectivity index (χ0) is 13.0. The van der Waals surface area contributed by atoms with E-state index in [1.165, 1.54) is 7.11 Å². The number of carbonyl (C=O) groups is 1. The first-order chi connectivity index (χ1) is 7.53. The van der Waals surface area contributed by atoms with Crippen molar-refractivity contribution in [2.75, 3.05) is 13.7 Å². The second-order valence-corrected chi connectivity index (χ2v) is 3.65. The molecule has 2 atom stereocenters. The van der Waals surface area contributed by atoms with Crippen LogP contribution in [0.3, 0.4) is 0 Å². The first kappa shape index (κ1) is 17.7. The van der Waals surface area contributed by atoms with Crippen molar-refractivity contribution in [2.24, 2.45) is 11.5 Å². The summed E-state index contributed by atoms with van der Waals surface area (Å²) in [5, 5.41) is 8.34. The molecule has 0 saturated heterocycles. The van der Waals surface area contributed by atoms with Gasteiger partial charge in [-0.2, -0.15) is 0 Å². The Kier molecular flexibility index (Phi) is 13.8. The second-order valence-electron chi connectivity index (χ2n) is 3.65. The molecule has 0 rings (SSSR count). The van der Waals surface area contributed by atoms with Crippen LogP contribution in [0.2, 0.25) is 0 Å². The third-order valence-electron chi connectivity index (χ3n) is 2.00. The van der Waals surface area contributed by atoms with Gasteiger partial charge < -0.3 is 21.3 Å². The molecule has 98 valence electrons. The average molecular weight is 234 g/mol. The Morgan fingerprint density at radius 3 is 2.00 bits per heavy atom. The van der Waals surface area contributed by atoms with Gasteiger partial charge in [0.2, 0.25) is 0 Å². The van der Waals surface area contributed by atoms with Crippen LogP contribution in [-0.4, -0.2) is 36.9 Å². The number of aliphatic hydroxyl groups is 1. The molecule has 5 heteroatoms. The molecule has 5 N–H and O–H groups in total. The molecule has 0 amide bonds.